The quantitative estimate of drug-likeness (QED) is 0.368. The van der Waals surface area contributed by atoms with Crippen molar-refractivity contribution in [2.24, 2.45) is 0 Å². The Hall–Kier alpha value is 0.990. The van der Waals surface area contributed by atoms with Gasteiger partial charge in [0.1, 0.15) is 0 Å². The third-order valence-corrected chi connectivity index (χ3v) is 1.09. The van der Waals surface area contributed by atoms with Gasteiger partial charge in [-0.3, -0.25) is 0 Å². The third-order valence-electron chi connectivity index (χ3n) is 0.637. The average Bonchev–Trinajstić information content (AvgIpc) is 1.79. The zero-order chi connectivity index (χ0) is 3.86. The number of rotatable bonds is 0. The van der Waals surface area contributed by atoms with Crippen molar-refractivity contribution in [3.63, 3.8) is 0 Å². The molecule has 0 aliphatic carbocycles. The predicted octanol–water partition coefficient (Wildman–Crippen LogP) is 0.968. The van der Waals surface area contributed by atoms with Crippen LogP contribution in [0.3, 0.4) is 0 Å². The third kappa shape index (κ3) is 1.63. The monoisotopic (exact) mass is 289 g/mol. The van der Waals surface area contributed by atoms with E-state index in [0.717, 1.165) is 0 Å². The van der Waals surface area contributed by atoms with E-state index in [0.29, 0.717) is 6.10 Å². The van der Waals surface area contributed by atoms with Crippen LogP contribution in [0.1, 0.15) is 6.92 Å². The molecule has 0 aromatic carbocycles. The molecule has 3 heteroatoms. The summed E-state index contributed by atoms with van der Waals surface area (Å²) in [6.07, 6.45) is 0.316. The minimum Gasteiger partial charge on any atom is -0.353 e. The van der Waals surface area contributed by atoms with Crippen LogP contribution in [-0.2, 0) is 27.1 Å². The van der Waals surface area contributed by atoms with Gasteiger partial charge >= 0.3 is 0 Å². The Balaban J connectivity index is 0.000000250. The molecule has 6 heavy (non-hydrogen) atoms. The Morgan fingerprint density at radius 2 is 1.83 bits per heavy atom. The van der Waals surface area contributed by atoms with Gasteiger partial charge in [0.2, 0.25) is 0 Å². The first kappa shape index (κ1) is 6.99. The molecule has 0 saturated carbocycles. The number of epoxide rings is 1. The van der Waals surface area contributed by atoms with E-state index < -0.39 is 0 Å². The second kappa shape index (κ2) is 2.34. The summed E-state index contributed by atoms with van der Waals surface area (Å²) >= 11 is 5.31. The van der Waals surface area contributed by atoms with Crippen molar-refractivity contribution in [1.82, 2.24) is 0 Å². The molecule has 1 saturated heterocycles. The van der Waals surface area contributed by atoms with E-state index in [9.17, 15) is 0 Å². The zero-order valence-corrected chi connectivity index (χ0v) is 6.16. The van der Waals surface area contributed by atoms with Gasteiger partial charge in [-0.25, -0.2) is 0 Å². The van der Waals surface area contributed by atoms with Gasteiger partial charge in [-0.2, -0.15) is 0 Å². The molecule has 1 aliphatic rings. The van der Waals surface area contributed by atoms with Gasteiger partial charge in [-0.1, -0.05) is 11.6 Å². The van der Waals surface area contributed by atoms with Crippen molar-refractivity contribution >= 4 is 11.6 Å². The van der Waals surface area contributed by atoms with Crippen LogP contribution < -0.4 is 0 Å². The Labute approximate surface area is 57.5 Å². The van der Waals surface area contributed by atoms with E-state index in [-0.39, 0.29) is 27.9 Å². The van der Waals surface area contributed by atoms with Crippen LogP contribution in [0.2, 0.25) is 0 Å². The van der Waals surface area contributed by atoms with Crippen molar-refractivity contribution in [1.29, 1.82) is 0 Å². The zero-order valence-electron chi connectivity index (χ0n) is 3.24. The summed E-state index contributed by atoms with van der Waals surface area (Å²) in [4.78, 5) is 0. The molecule has 1 aliphatic heterocycles. The summed E-state index contributed by atoms with van der Waals surface area (Å²) in [5, 5.41) is 0. The van der Waals surface area contributed by atoms with Gasteiger partial charge in [-0.05, 0) is 6.92 Å². The van der Waals surface area contributed by atoms with Gasteiger partial charge in [0, 0.05) is 22.4 Å². The minimum absolute atomic E-state index is 0. The molecule has 1 nitrogen and oxygen atoms in total. The Morgan fingerprint density at radius 1 is 1.67 bits per heavy atom. The van der Waals surface area contributed by atoms with Crippen molar-refractivity contribution in [2.45, 2.75) is 18.6 Å². The first-order valence-corrected chi connectivity index (χ1v) is 2.04. The van der Waals surface area contributed by atoms with Crippen LogP contribution in [0.15, 0.2) is 0 Å². The molecular weight excluding hydrogens is 284 g/mol. The number of halogens is 1. The van der Waals surface area contributed by atoms with E-state index >= 15 is 0 Å². The van der Waals surface area contributed by atoms with Crippen LogP contribution in [0.5, 0.6) is 0 Å². The summed E-state index contributed by atoms with van der Waals surface area (Å²) in [6.45, 7) is 1.94. The van der Waals surface area contributed by atoms with Gasteiger partial charge in [0.15, 0.2) is 5.56 Å². The molecule has 1 heterocycles. The first-order valence-electron chi connectivity index (χ1n) is 1.60. The molecule has 2 atom stereocenters. The summed E-state index contributed by atoms with van der Waals surface area (Å²) < 4.78 is 4.68. The second-order valence-electron chi connectivity index (χ2n) is 1.19. The molecule has 0 amide bonds. The van der Waals surface area contributed by atoms with E-state index in [4.69, 9.17) is 11.6 Å². The normalized spacial score (nSPS) is 41.0. The summed E-state index contributed by atoms with van der Waals surface area (Å²) in [6, 6.07) is 0. The standard InChI is InChI=1S/C3H5ClO.Au/c1-2-3(4)5-2;/h2-3H,1H3;. The Morgan fingerprint density at radius 3 is 1.83 bits per heavy atom. The molecule has 0 aromatic heterocycles. The molecule has 1 radical (unpaired) electrons. The fourth-order valence-corrected chi connectivity index (χ4v) is 0.322. The fraction of sp³-hybridized carbons (Fsp3) is 1.00. The predicted molar refractivity (Wildman–Crippen MR) is 20.2 cm³/mol. The smallest absolute Gasteiger partial charge is 0.157 e. The molecule has 1 fully saturated rings. The van der Waals surface area contributed by atoms with Gasteiger partial charge in [0.05, 0.1) is 6.10 Å². The molecule has 41 valence electrons. The largest absolute Gasteiger partial charge is 0.353 e. The van der Waals surface area contributed by atoms with Crippen LogP contribution in [0.25, 0.3) is 0 Å². The maximum atomic E-state index is 5.31. The van der Waals surface area contributed by atoms with Gasteiger partial charge < -0.3 is 4.74 Å². The fourth-order valence-electron chi connectivity index (χ4n) is 0.160. The maximum absolute atomic E-state index is 5.31. The Bertz CT molecular complexity index is 44.1. The molecule has 0 N–H and O–H groups in total. The Kier molecular flexibility index (Phi) is 2.72. The van der Waals surface area contributed by atoms with E-state index in [2.05, 4.69) is 4.74 Å². The molecule has 0 aromatic rings. The SMILES string of the molecule is CC1OC1Cl.[Au]. The summed E-state index contributed by atoms with van der Waals surface area (Å²) in [7, 11) is 0. The topological polar surface area (TPSA) is 12.5 Å². The van der Waals surface area contributed by atoms with Crippen LogP contribution in [0, 0.1) is 0 Å². The first-order chi connectivity index (χ1) is 2.30. The molecule has 2 unspecified atom stereocenters. The summed E-state index contributed by atoms with van der Waals surface area (Å²) in [5.74, 6) is 0. The van der Waals surface area contributed by atoms with E-state index in [1.165, 1.54) is 0 Å². The number of hydrogen-bond donors (Lipinski definition) is 0. The molecule has 0 spiro atoms. The van der Waals surface area contributed by atoms with E-state index in [1.807, 2.05) is 6.92 Å². The van der Waals surface area contributed by atoms with E-state index in [1.54, 1.807) is 0 Å². The van der Waals surface area contributed by atoms with Crippen molar-refractivity contribution in [3.8, 4) is 0 Å². The number of hydrogen-bond acceptors (Lipinski definition) is 1. The van der Waals surface area contributed by atoms with Crippen molar-refractivity contribution in [2.75, 3.05) is 0 Å². The molecule has 1 rings (SSSR count). The number of ether oxygens (including phenoxy) is 1. The van der Waals surface area contributed by atoms with Gasteiger partial charge in [-0.15, -0.1) is 0 Å². The van der Waals surface area contributed by atoms with Crippen molar-refractivity contribution in [3.05, 3.63) is 0 Å². The molecular formula is C3H5AuClO. The van der Waals surface area contributed by atoms with Crippen molar-refractivity contribution < 1.29 is 27.1 Å². The molecule has 0 bridgehead atoms. The number of alkyl halides is 1. The van der Waals surface area contributed by atoms with Crippen LogP contribution in [-0.4, -0.2) is 11.7 Å². The second-order valence-corrected chi connectivity index (χ2v) is 1.62. The maximum Gasteiger partial charge on any atom is 0.157 e. The minimum atomic E-state index is 0. The van der Waals surface area contributed by atoms with Gasteiger partial charge in [0.25, 0.3) is 0 Å². The van der Waals surface area contributed by atoms with Crippen LogP contribution in [0.4, 0.5) is 0 Å². The average molecular weight is 289 g/mol. The summed E-state index contributed by atoms with van der Waals surface area (Å²) in [5.41, 5.74) is 0.0231. The van der Waals surface area contributed by atoms with Crippen LogP contribution >= 0.6 is 11.6 Å².